The van der Waals surface area contributed by atoms with Crippen LogP contribution in [0.1, 0.15) is 32.0 Å². The van der Waals surface area contributed by atoms with Gasteiger partial charge in [0.1, 0.15) is 5.00 Å². The van der Waals surface area contributed by atoms with Crippen molar-refractivity contribution in [1.29, 1.82) is 0 Å². The fraction of sp³-hybridized carbons (Fsp3) is 0.158. The largest absolute Gasteiger partial charge is 0.268 e. The van der Waals surface area contributed by atoms with Crippen molar-refractivity contribution in [3.05, 3.63) is 107 Å². The Bertz CT molecular complexity index is 2820. The third kappa shape index (κ3) is 4.57. The number of nitrogens with zero attached hydrogens (tertiary/aromatic N) is 1. The Morgan fingerprint density at radius 2 is 1.06 bits per heavy atom. The van der Waals surface area contributed by atoms with E-state index in [1.54, 1.807) is 34.0 Å². The van der Waals surface area contributed by atoms with E-state index in [1.807, 2.05) is 70.6 Å². The topological polar surface area (TPSA) is 39.1 Å². The number of hydrogen-bond acceptors (Lipinski definition) is 9. The minimum absolute atomic E-state index is 0.246. The van der Waals surface area contributed by atoms with Gasteiger partial charge in [-0.2, -0.15) is 0 Å². The van der Waals surface area contributed by atoms with E-state index in [9.17, 15) is 9.59 Å². The fourth-order valence-corrected chi connectivity index (χ4v) is 14.5. The summed E-state index contributed by atoms with van der Waals surface area (Å²) in [4.78, 5) is 37.7. The zero-order valence-corrected chi connectivity index (χ0v) is 32.5. The number of thiophene rings is 7. The van der Waals surface area contributed by atoms with Crippen molar-refractivity contribution in [3.8, 4) is 34.3 Å². The normalized spacial score (nSPS) is 12.1. The third-order valence-corrected chi connectivity index (χ3v) is 17.8. The Hall–Kier alpha value is -3.22. The van der Waals surface area contributed by atoms with Gasteiger partial charge in [0.05, 0.1) is 20.2 Å². The summed E-state index contributed by atoms with van der Waals surface area (Å²) >= 11 is 12.1. The van der Waals surface area contributed by atoms with Crippen molar-refractivity contribution in [2.45, 2.75) is 41.5 Å². The highest BCUT2D eigenvalue weighted by Crippen LogP contribution is 2.49. The first-order valence-electron chi connectivity index (χ1n) is 15.4. The number of hydrogen-bond donors (Lipinski definition) is 0. The smallest absolute Gasteiger partial charge is 0.267 e. The first-order chi connectivity index (χ1) is 23.1. The molecule has 0 saturated carbocycles. The first-order valence-corrected chi connectivity index (χ1v) is 21.2. The van der Waals surface area contributed by atoms with Gasteiger partial charge < -0.3 is 0 Å². The van der Waals surface area contributed by atoms with Gasteiger partial charge in [-0.05, 0) is 128 Å². The Balaban J connectivity index is 1.18. The molecule has 238 valence electrons. The molecule has 9 rings (SSSR count). The van der Waals surface area contributed by atoms with Crippen LogP contribution in [0.4, 0.5) is 0 Å². The molecular weight excluding hydrogens is 727 g/mol. The van der Waals surface area contributed by atoms with Crippen LogP contribution >= 0.6 is 79.4 Å². The van der Waals surface area contributed by atoms with E-state index < -0.39 is 0 Å². The molecule has 0 spiro atoms. The van der Waals surface area contributed by atoms with Crippen LogP contribution in [0.15, 0.2) is 63.5 Å². The number of aryl methyl sites for hydroxylation is 6. The molecule has 9 aromatic rings. The lowest BCUT2D eigenvalue weighted by atomic mass is 10.0. The molecule has 0 bridgehead atoms. The van der Waals surface area contributed by atoms with Crippen molar-refractivity contribution in [1.82, 2.24) is 4.57 Å². The van der Waals surface area contributed by atoms with E-state index >= 15 is 0 Å². The van der Waals surface area contributed by atoms with Gasteiger partial charge in [0, 0.05) is 48.4 Å². The number of fused-ring (bicyclic) bond motifs is 5. The van der Waals surface area contributed by atoms with E-state index in [2.05, 4.69) is 58.9 Å². The van der Waals surface area contributed by atoms with Gasteiger partial charge in [-0.25, -0.2) is 4.57 Å². The number of benzene rings is 1. The molecule has 0 N–H and O–H groups in total. The lowest BCUT2D eigenvalue weighted by Gasteiger charge is -2.03. The van der Waals surface area contributed by atoms with Crippen LogP contribution in [0.3, 0.4) is 0 Å². The molecule has 10 heteroatoms. The average Bonchev–Trinajstić information content (AvgIpc) is 3.89. The molecule has 0 unspecified atom stereocenters. The van der Waals surface area contributed by atoms with Gasteiger partial charge in [-0.3, -0.25) is 9.59 Å². The van der Waals surface area contributed by atoms with Crippen LogP contribution in [-0.2, 0) is 0 Å². The Morgan fingerprint density at radius 1 is 0.521 bits per heavy atom. The minimum atomic E-state index is -0.252. The molecule has 0 fully saturated rings. The van der Waals surface area contributed by atoms with E-state index in [0.29, 0.717) is 15.8 Å². The standard InChI is InChI=1S/C38H27NO2S7/c1-16-10-26(44-21(16)6)28-13-22-19(4)34-23(20(5)33(22)46-28)14-29(47-34)27-11-17(2)32(45-27)30-15-25-36(48-30)35-24(12-18(3)43-35)37(40)39(38(25)41)31-8-7-9-42-31/h7-15H,1-6H3. The summed E-state index contributed by atoms with van der Waals surface area (Å²) in [6.07, 6.45) is 0. The Kier molecular flexibility index (Phi) is 7.16. The maximum absolute atomic E-state index is 14.0. The molecule has 0 amide bonds. The van der Waals surface area contributed by atoms with Crippen LogP contribution < -0.4 is 11.1 Å². The predicted molar refractivity (Wildman–Crippen MR) is 218 cm³/mol. The van der Waals surface area contributed by atoms with Gasteiger partial charge >= 0.3 is 0 Å². The zero-order chi connectivity index (χ0) is 33.2. The summed E-state index contributed by atoms with van der Waals surface area (Å²) in [5.41, 5.74) is 4.78. The molecule has 0 atom stereocenters. The van der Waals surface area contributed by atoms with Crippen LogP contribution in [0.25, 0.3) is 74.6 Å². The third-order valence-electron chi connectivity index (χ3n) is 9.13. The predicted octanol–water partition coefficient (Wildman–Crippen LogP) is 13.1. The second kappa shape index (κ2) is 11.1. The first kappa shape index (κ1) is 30.8. The molecule has 0 aliphatic carbocycles. The quantitative estimate of drug-likeness (QED) is 0.179. The molecule has 0 radical (unpaired) electrons. The maximum atomic E-state index is 14.0. The van der Waals surface area contributed by atoms with Crippen LogP contribution in [0.2, 0.25) is 0 Å². The second-order valence-corrected chi connectivity index (χ2v) is 19.9. The summed E-state index contributed by atoms with van der Waals surface area (Å²) in [6, 6.07) is 17.1. The highest BCUT2D eigenvalue weighted by Gasteiger charge is 2.22. The van der Waals surface area contributed by atoms with E-state index in [-0.39, 0.29) is 11.1 Å². The molecule has 1 aromatic carbocycles. The van der Waals surface area contributed by atoms with Gasteiger partial charge in [-0.1, -0.05) is 0 Å². The molecule has 0 aliphatic rings. The van der Waals surface area contributed by atoms with Crippen LogP contribution in [0.5, 0.6) is 0 Å². The summed E-state index contributed by atoms with van der Waals surface area (Å²) < 4.78 is 5.90. The summed E-state index contributed by atoms with van der Waals surface area (Å²) in [5.74, 6) is 0. The van der Waals surface area contributed by atoms with Crippen molar-refractivity contribution in [2.24, 2.45) is 0 Å². The van der Waals surface area contributed by atoms with Gasteiger partial charge in [-0.15, -0.1) is 79.4 Å². The highest BCUT2D eigenvalue weighted by atomic mass is 32.1. The van der Waals surface area contributed by atoms with E-state index in [1.165, 1.54) is 87.6 Å². The molecule has 0 saturated heterocycles. The van der Waals surface area contributed by atoms with Gasteiger partial charge in [0.15, 0.2) is 0 Å². The monoisotopic (exact) mass is 753 g/mol. The maximum Gasteiger partial charge on any atom is 0.267 e. The second-order valence-electron chi connectivity index (χ2n) is 12.3. The number of aromatic nitrogens is 1. The molecule has 8 aromatic heterocycles. The van der Waals surface area contributed by atoms with Gasteiger partial charge in [0.2, 0.25) is 0 Å². The lowest BCUT2D eigenvalue weighted by molar-refractivity contribution is 0.999. The molecule has 48 heavy (non-hydrogen) atoms. The zero-order valence-electron chi connectivity index (χ0n) is 26.8. The van der Waals surface area contributed by atoms with Gasteiger partial charge in [0.25, 0.3) is 11.1 Å². The summed E-state index contributed by atoms with van der Waals surface area (Å²) in [7, 11) is 0. The fourth-order valence-electron chi connectivity index (χ4n) is 6.53. The Morgan fingerprint density at radius 3 is 1.67 bits per heavy atom. The number of rotatable bonds is 4. The molecule has 3 nitrogen and oxygen atoms in total. The van der Waals surface area contributed by atoms with Crippen LogP contribution in [-0.4, -0.2) is 4.57 Å². The molecular formula is C38H27NO2S7. The van der Waals surface area contributed by atoms with Crippen LogP contribution in [0, 0.1) is 41.5 Å². The molecule has 8 heterocycles. The van der Waals surface area contributed by atoms with Crippen molar-refractivity contribution < 1.29 is 0 Å². The highest BCUT2D eigenvalue weighted by molar-refractivity contribution is 7.32. The SMILES string of the molecule is Cc1cc2c(=O)n(-c3cccs3)c(=O)c3cc(-c4sc(-c5cc6c(C)c7sc(-c8cc(C)c(C)s8)cc7c(C)c6s5)cc4C)sc3c2s1. The lowest BCUT2D eigenvalue weighted by Crippen LogP contribution is -2.27. The van der Waals surface area contributed by atoms with E-state index in [4.69, 9.17) is 0 Å². The van der Waals surface area contributed by atoms with Crippen molar-refractivity contribution >= 4 is 120 Å². The van der Waals surface area contributed by atoms with Crippen molar-refractivity contribution in [3.63, 3.8) is 0 Å². The summed E-state index contributed by atoms with van der Waals surface area (Å²) in [5, 5.41) is 6.47. The van der Waals surface area contributed by atoms with E-state index in [0.717, 1.165) is 19.2 Å². The minimum Gasteiger partial charge on any atom is -0.268 e. The van der Waals surface area contributed by atoms with Crippen molar-refractivity contribution in [2.75, 3.05) is 0 Å². The molecule has 0 aliphatic heterocycles. The Labute approximate surface area is 304 Å². The average molecular weight is 754 g/mol. The summed E-state index contributed by atoms with van der Waals surface area (Å²) in [6.45, 7) is 13.1.